The van der Waals surface area contributed by atoms with Crippen molar-refractivity contribution in [3.05, 3.63) is 33.3 Å². The molecule has 1 aliphatic carbocycles. The van der Waals surface area contributed by atoms with Gasteiger partial charge in [0.2, 0.25) is 5.91 Å². The predicted molar refractivity (Wildman–Crippen MR) is 121 cm³/mol. The van der Waals surface area contributed by atoms with Gasteiger partial charge in [-0.3, -0.25) is 14.2 Å². The van der Waals surface area contributed by atoms with Gasteiger partial charge in [-0.2, -0.15) is 0 Å². The summed E-state index contributed by atoms with van der Waals surface area (Å²) < 4.78 is 7.05. The molecule has 2 aromatic heterocycles. The largest absolute Gasteiger partial charge is 0.497 e. The lowest BCUT2D eigenvalue weighted by atomic mass is 9.78. The summed E-state index contributed by atoms with van der Waals surface area (Å²) >= 11 is 5.44. The molecule has 4 rings (SSSR count). The number of ether oxygens (including phenoxy) is 1. The monoisotopic (exact) mass is 428 g/mol. The first-order valence-corrected chi connectivity index (χ1v) is 10.9. The van der Waals surface area contributed by atoms with Crippen molar-refractivity contribution < 1.29 is 9.53 Å². The zero-order chi connectivity index (χ0) is 21.4. The van der Waals surface area contributed by atoms with Gasteiger partial charge in [0.25, 0.3) is 5.56 Å². The Morgan fingerprint density at radius 2 is 2.07 bits per heavy atom. The maximum Gasteiger partial charge on any atom is 0.278 e. The van der Waals surface area contributed by atoms with E-state index in [2.05, 4.69) is 29.1 Å². The highest BCUT2D eigenvalue weighted by Crippen LogP contribution is 2.29. The number of benzene rings is 1. The molecular formula is C22H28N4O3S. The van der Waals surface area contributed by atoms with Crippen molar-refractivity contribution in [1.29, 1.82) is 0 Å². The third-order valence-electron chi connectivity index (χ3n) is 6.56. The first-order chi connectivity index (χ1) is 14.4. The number of nitrogens with one attached hydrogen (secondary N) is 3. The van der Waals surface area contributed by atoms with Gasteiger partial charge in [-0.25, -0.2) is 0 Å². The van der Waals surface area contributed by atoms with Crippen molar-refractivity contribution in [3.8, 4) is 5.75 Å². The molecule has 30 heavy (non-hydrogen) atoms. The zero-order valence-electron chi connectivity index (χ0n) is 17.6. The number of carbonyl (C=O) groups excluding carboxylic acids is 1. The number of H-pyrrole nitrogens is 2. The van der Waals surface area contributed by atoms with Crippen molar-refractivity contribution in [1.82, 2.24) is 19.9 Å². The van der Waals surface area contributed by atoms with E-state index in [4.69, 9.17) is 17.0 Å². The van der Waals surface area contributed by atoms with Crippen LogP contribution in [-0.4, -0.2) is 33.6 Å². The van der Waals surface area contributed by atoms with Gasteiger partial charge >= 0.3 is 0 Å². The number of hydrogen-bond donors (Lipinski definition) is 3. The molecule has 1 amide bonds. The fourth-order valence-electron chi connectivity index (χ4n) is 4.47. The zero-order valence-corrected chi connectivity index (χ0v) is 18.4. The summed E-state index contributed by atoms with van der Waals surface area (Å²) in [6, 6.07) is 5.78. The molecule has 3 N–H and O–H groups in total. The Hall–Kier alpha value is -2.61. The molecule has 3 unspecified atom stereocenters. The first kappa shape index (κ1) is 20.7. The van der Waals surface area contributed by atoms with Crippen LogP contribution in [0.4, 0.5) is 0 Å². The van der Waals surface area contributed by atoms with Gasteiger partial charge in [0.1, 0.15) is 11.3 Å². The fourth-order valence-corrected chi connectivity index (χ4v) is 4.75. The van der Waals surface area contributed by atoms with E-state index in [-0.39, 0.29) is 30.5 Å². The van der Waals surface area contributed by atoms with Crippen LogP contribution in [0.3, 0.4) is 0 Å². The van der Waals surface area contributed by atoms with E-state index in [9.17, 15) is 9.59 Å². The van der Waals surface area contributed by atoms with Crippen molar-refractivity contribution >= 4 is 40.1 Å². The van der Waals surface area contributed by atoms with Gasteiger partial charge in [-0.05, 0) is 48.7 Å². The van der Waals surface area contributed by atoms with Gasteiger partial charge in [-0.15, -0.1) is 0 Å². The van der Waals surface area contributed by atoms with E-state index in [0.717, 1.165) is 23.7 Å². The number of aromatic nitrogens is 3. The van der Waals surface area contributed by atoms with Crippen LogP contribution in [0.25, 0.3) is 21.9 Å². The highest BCUT2D eigenvalue weighted by Gasteiger charge is 2.28. The molecule has 1 saturated carbocycles. The minimum absolute atomic E-state index is 0.0382. The average Bonchev–Trinajstić information content (AvgIpc) is 3.09. The minimum Gasteiger partial charge on any atom is -0.497 e. The second-order valence-electron chi connectivity index (χ2n) is 8.36. The Balaban J connectivity index is 1.56. The Morgan fingerprint density at radius 1 is 1.27 bits per heavy atom. The fraction of sp³-hybridized carbons (Fsp3) is 0.500. The smallest absolute Gasteiger partial charge is 0.278 e. The van der Waals surface area contributed by atoms with Crippen molar-refractivity contribution in [2.24, 2.45) is 11.8 Å². The molecule has 0 radical (unpaired) electrons. The van der Waals surface area contributed by atoms with Gasteiger partial charge in [0, 0.05) is 29.9 Å². The third-order valence-corrected chi connectivity index (χ3v) is 6.88. The highest BCUT2D eigenvalue weighted by atomic mass is 32.1. The van der Waals surface area contributed by atoms with Crippen LogP contribution in [0.15, 0.2) is 23.0 Å². The van der Waals surface area contributed by atoms with Crippen molar-refractivity contribution in [2.45, 2.75) is 52.1 Å². The minimum atomic E-state index is -0.226. The van der Waals surface area contributed by atoms with Crippen LogP contribution in [0.2, 0.25) is 0 Å². The Bertz CT molecular complexity index is 1210. The number of carbonyl (C=O) groups is 1. The second kappa shape index (κ2) is 8.26. The normalized spacial score (nSPS) is 21.8. The number of amides is 1. The number of rotatable bonds is 5. The molecule has 0 bridgehead atoms. The van der Waals surface area contributed by atoms with Crippen LogP contribution in [0.5, 0.6) is 5.75 Å². The summed E-state index contributed by atoms with van der Waals surface area (Å²) in [6.45, 7) is 4.69. The Morgan fingerprint density at radius 3 is 2.83 bits per heavy atom. The maximum atomic E-state index is 13.1. The molecule has 1 aromatic carbocycles. The topological polar surface area (TPSA) is 91.9 Å². The van der Waals surface area contributed by atoms with Gasteiger partial charge in [0.05, 0.1) is 12.6 Å². The molecule has 0 saturated heterocycles. The second-order valence-corrected chi connectivity index (χ2v) is 8.75. The molecule has 1 aliphatic rings. The third kappa shape index (κ3) is 3.76. The van der Waals surface area contributed by atoms with Crippen molar-refractivity contribution in [3.63, 3.8) is 0 Å². The molecule has 8 heteroatoms. The molecule has 7 nitrogen and oxygen atoms in total. The van der Waals surface area contributed by atoms with Gasteiger partial charge in [-0.1, -0.05) is 26.7 Å². The lowest BCUT2D eigenvalue weighted by Crippen LogP contribution is -2.44. The highest BCUT2D eigenvalue weighted by molar-refractivity contribution is 7.71. The van der Waals surface area contributed by atoms with E-state index in [1.165, 1.54) is 11.0 Å². The molecule has 0 aliphatic heterocycles. The Labute approximate surface area is 179 Å². The summed E-state index contributed by atoms with van der Waals surface area (Å²) in [5.41, 5.74) is 1.70. The van der Waals surface area contributed by atoms with Crippen molar-refractivity contribution in [2.75, 3.05) is 7.11 Å². The molecule has 0 spiro atoms. The number of hydrogen-bond acceptors (Lipinski definition) is 4. The molecule has 3 aromatic rings. The standard InChI is InChI=1S/C22H28N4O3S/c1-12-5-4-6-16(13(12)2)23-18(27)9-10-26-21(28)20-19(25-22(26)30)15-11-14(29-3)7-8-17(15)24-20/h7-8,11-13,16,24H,4-6,9-10H2,1-3H3,(H,23,27)(H,25,30). The van der Waals surface area contributed by atoms with E-state index < -0.39 is 0 Å². The van der Waals surface area contributed by atoms with E-state index in [0.29, 0.717) is 33.4 Å². The number of fused-ring (bicyclic) bond motifs is 3. The average molecular weight is 429 g/mol. The summed E-state index contributed by atoms with van der Waals surface area (Å²) in [5.74, 6) is 1.75. The van der Waals surface area contributed by atoms with Gasteiger partial charge in [0.15, 0.2) is 4.77 Å². The molecule has 3 atom stereocenters. The Kier molecular flexibility index (Phi) is 5.69. The van der Waals surface area contributed by atoms with Crippen LogP contribution >= 0.6 is 12.2 Å². The van der Waals surface area contributed by atoms with Gasteiger partial charge < -0.3 is 20.0 Å². The summed E-state index contributed by atoms with van der Waals surface area (Å²) in [6.07, 6.45) is 3.59. The molecule has 1 fully saturated rings. The molecule has 2 heterocycles. The predicted octanol–water partition coefficient (Wildman–Crippen LogP) is 3.88. The lowest BCUT2D eigenvalue weighted by Gasteiger charge is -2.34. The van der Waals surface area contributed by atoms with E-state index >= 15 is 0 Å². The van der Waals surface area contributed by atoms with Crippen LogP contribution in [0, 0.1) is 16.6 Å². The van der Waals surface area contributed by atoms with Crippen LogP contribution in [0.1, 0.15) is 39.5 Å². The van der Waals surface area contributed by atoms with Crippen LogP contribution in [-0.2, 0) is 11.3 Å². The summed E-state index contributed by atoms with van der Waals surface area (Å²) in [4.78, 5) is 31.9. The molecular weight excluding hydrogens is 400 g/mol. The number of nitrogens with zero attached hydrogens (tertiary/aromatic N) is 1. The summed E-state index contributed by atoms with van der Waals surface area (Å²) in [7, 11) is 1.60. The SMILES string of the molecule is COc1ccc2[nH]c3c(=O)n(CCC(=O)NC4CCCC(C)C4C)c(=S)[nH]c3c2c1. The molecule has 160 valence electrons. The van der Waals surface area contributed by atoms with E-state index in [1.54, 1.807) is 7.11 Å². The first-order valence-electron chi connectivity index (χ1n) is 10.5. The quantitative estimate of drug-likeness (QED) is 0.538. The van der Waals surface area contributed by atoms with Crippen LogP contribution < -0.4 is 15.6 Å². The van der Waals surface area contributed by atoms with E-state index in [1.807, 2.05) is 18.2 Å². The summed E-state index contributed by atoms with van der Waals surface area (Å²) in [5, 5.41) is 4.00. The lowest BCUT2D eigenvalue weighted by molar-refractivity contribution is -0.122. The number of aromatic amines is 2. The maximum absolute atomic E-state index is 13.1. The number of methoxy groups -OCH3 is 1.